The Morgan fingerprint density at radius 3 is 2.55 bits per heavy atom. The molecule has 0 saturated heterocycles. The lowest BCUT2D eigenvalue weighted by atomic mass is 9.89. The average Bonchev–Trinajstić information content (AvgIpc) is 3.29. The number of rotatable bonds is 2. The molecule has 0 aliphatic heterocycles. The molecule has 1 aliphatic carbocycles. The predicted molar refractivity (Wildman–Crippen MR) is 137 cm³/mol. The molecular weight excluding hydrogens is 402 g/mol. The summed E-state index contributed by atoms with van der Waals surface area (Å²) in [6.07, 6.45) is -1.46. The number of furan rings is 1. The van der Waals surface area contributed by atoms with Crippen molar-refractivity contribution in [3.05, 3.63) is 102 Å². The Hall–Kier alpha value is -3.91. The van der Waals surface area contributed by atoms with Crippen molar-refractivity contribution in [2.75, 3.05) is 0 Å². The summed E-state index contributed by atoms with van der Waals surface area (Å²) in [5, 5.41) is 4.26. The highest BCUT2D eigenvalue weighted by atomic mass is 16.3. The molecule has 1 aliphatic rings. The normalized spacial score (nSPS) is 18.4. The molecule has 0 radical (unpaired) electrons. The Morgan fingerprint density at radius 1 is 0.727 bits per heavy atom. The van der Waals surface area contributed by atoms with E-state index in [1.807, 2.05) is 30.3 Å². The molecule has 0 N–H and O–H groups in total. The molecule has 0 unspecified atom stereocenters. The molecule has 33 heavy (non-hydrogen) atoms. The van der Waals surface area contributed by atoms with Crippen molar-refractivity contribution in [2.24, 2.45) is 0 Å². The van der Waals surface area contributed by atoms with Crippen molar-refractivity contribution in [2.45, 2.75) is 25.6 Å². The van der Waals surface area contributed by atoms with Crippen LogP contribution in [0.3, 0.4) is 0 Å². The molecule has 0 saturated carbocycles. The Kier molecular flexibility index (Phi) is 3.33. The van der Waals surface area contributed by atoms with E-state index in [0.717, 1.165) is 27.5 Å². The first kappa shape index (κ1) is 15.0. The third-order valence-electron chi connectivity index (χ3n) is 6.55. The minimum absolute atomic E-state index is 0.107. The SMILES string of the molecule is [2H]C1([2H])CCC([2H])([2H])c2c1ccnc2-c1cccc2c1oc1cc(-c3cccc4ccccc34)ccc12. The zero-order valence-electron chi connectivity index (χ0n) is 21.9. The summed E-state index contributed by atoms with van der Waals surface area (Å²) in [6, 6.07) is 28.3. The second-order valence-corrected chi connectivity index (χ2v) is 8.46. The van der Waals surface area contributed by atoms with Gasteiger partial charge in [-0.2, -0.15) is 0 Å². The molecule has 0 atom stereocenters. The predicted octanol–water partition coefficient (Wildman–Crippen LogP) is 8.35. The van der Waals surface area contributed by atoms with Crippen LogP contribution in [0.15, 0.2) is 95.5 Å². The lowest BCUT2D eigenvalue weighted by Crippen LogP contribution is -2.05. The van der Waals surface area contributed by atoms with Crippen molar-refractivity contribution in [1.29, 1.82) is 0 Å². The van der Waals surface area contributed by atoms with Gasteiger partial charge in [0.1, 0.15) is 11.2 Å². The van der Waals surface area contributed by atoms with Crippen molar-refractivity contribution in [3.63, 3.8) is 0 Å². The molecule has 0 amide bonds. The monoisotopic (exact) mass is 429 g/mol. The summed E-state index contributed by atoms with van der Waals surface area (Å²) < 4.78 is 40.9. The van der Waals surface area contributed by atoms with Crippen LogP contribution in [0.1, 0.15) is 29.5 Å². The number of pyridine rings is 1. The van der Waals surface area contributed by atoms with E-state index >= 15 is 0 Å². The fourth-order valence-electron chi connectivity index (χ4n) is 5.01. The van der Waals surface area contributed by atoms with Crippen LogP contribution in [0.4, 0.5) is 0 Å². The second kappa shape index (κ2) is 7.31. The lowest BCUT2D eigenvalue weighted by Gasteiger charge is -2.18. The summed E-state index contributed by atoms with van der Waals surface area (Å²) in [6.45, 7) is 0. The first-order valence-corrected chi connectivity index (χ1v) is 11.3. The number of nitrogens with zero attached hydrogens (tertiary/aromatic N) is 1. The minimum Gasteiger partial charge on any atom is -0.455 e. The first-order valence-electron chi connectivity index (χ1n) is 13.3. The standard InChI is InChI=1S/C31H23NO/c1-3-10-23-20(7-1)9-5-12-24(23)22-15-16-26-27-13-6-14-28(31(27)33-29(26)19-22)30-25-11-4-2-8-21(25)17-18-32-30/h1,3,5-7,9-10,12-19H,2,4,8,11H2/i8D2,11D2. The smallest absolute Gasteiger partial charge is 0.144 e. The van der Waals surface area contributed by atoms with E-state index in [1.165, 1.54) is 10.8 Å². The molecule has 158 valence electrons. The number of benzene rings is 4. The molecule has 4 aromatic carbocycles. The van der Waals surface area contributed by atoms with Gasteiger partial charge < -0.3 is 4.42 Å². The van der Waals surface area contributed by atoms with Crippen LogP contribution in [0.25, 0.3) is 55.1 Å². The highest BCUT2D eigenvalue weighted by Crippen LogP contribution is 2.40. The summed E-state index contributed by atoms with van der Waals surface area (Å²) in [4.78, 5) is 4.58. The zero-order valence-corrected chi connectivity index (χ0v) is 17.9. The minimum atomic E-state index is -1.68. The van der Waals surface area contributed by atoms with Crippen LogP contribution in [-0.4, -0.2) is 4.98 Å². The molecule has 7 rings (SSSR count). The largest absolute Gasteiger partial charge is 0.455 e. The molecule has 6 aromatic rings. The maximum atomic E-state index is 8.71. The highest BCUT2D eigenvalue weighted by Gasteiger charge is 2.19. The van der Waals surface area contributed by atoms with Gasteiger partial charge in [-0.05, 0) is 82.9 Å². The zero-order chi connectivity index (χ0) is 25.4. The van der Waals surface area contributed by atoms with E-state index in [2.05, 4.69) is 53.5 Å². The number of fused-ring (bicyclic) bond motifs is 5. The Bertz CT molecular complexity index is 1850. The van der Waals surface area contributed by atoms with Crippen molar-refractivity contribution >= 4 is 32.7 Å². The van der Waals surface area contributed by atoms with E-state index in [-0.39, 0.29) is 12.8 Å². The van der Waals surface area contributed by atoms with Crippen molar-refractivity contribution in [3.8, 4) is 22.4 Å². The van der Waals surface area contributed by atoms with Gasteiger partial charge in [-0.3, -0.25) is 4.98 Å². The maximum Gasteiger partial charge on any atom is 0.144 e. The van der Waals surface area contributed by atoms with Crippen LogP contribution in [-0.2, 0) is 12.7 Å². The van der Waals surface area contributed by atoms with Crippen molar-refractivity contribution < 1.29 is 9.90 Å². The second-order valence-electron chi connectivity index (χ2n) is 8.46. The summed E-state index contributed by atoms with van der Waals surface area (Å²) in [5.74, 6) is 0. The molecule has 2 nitrogen and oxygen atoms in total. The van der Waals surface area contributed by atoms with Gasteiger partial charge >= 0.3 is 0 Å². The molecule has 0 bridgehead atoms. The van der Waals surface area contributed by atoms with E-state index in [1.54, 1.807) is 12.3 Å². The van der Waals surface area contributed by atoms with E-state index in [4.69, 9.17) is 9.90 Å². The summed E-state index contributed by atoms with van der Waals surface area (Å²) in [7, 11) is 0. The number of aromatic nitrogens is 1. The Morgan fingerprint density at radius 2 is 1.55 bits per heavy atom. The number of aryl methyl sites for hydroxylation is 1. The van der Waals surface area contributed by atoms with Gasteiger partial charge in [0.05, 0.1) is 5.69 Å². The fraction of sp³-hybridized carbons (Fsp3) is 0.129. The van der Waals surface area contributed by atoms with Gasteiger partial charge in [0.2, 0.25) is 0 Å². The molecule has 2 heterocycles. The topological polar surface area (TPSA) is 26.0 Å². The lowest BCUT2D eigenvalue weighted by molar-refractivity contribution is 0.668. The van der Waals surface area contributed by atoms with Gasteiger partial charge in [-0.25, -0.2) is 0 Å². The molecular formula is C31H23NO. The van der Waals surface area contributed by atoms with E-state index in [9.17, 15) is 0 Å². The van der Waals surface area contributed by atoms with Crippen LogP contribution < -0.4 is 0 Å². The number of para-hydroxylation sites is 1. The molecule has 2 aromatic heterocycles. The van der Waals surface area contributed by atoms with Gasteiger partial charge in [-0.15, -0.1) is 0 Å². The van der Waals surface area contributed by atoms with Crippen LogP contribution in [0.5, 0.6) is 0 Å². The molecule has 2 heteroatoms. The summed E-state index contributed by atoms with van der Waals surface area (Å²) in [5.41, 5.74) is 5.41. The van der Waals surface area contributed by atoms with Gasteiger partial charge in [-0.1, -0.05) is 60.7 Å². The van der Waals surface area contributed by atoms with Crippen LogP contribution >= 0.6 is 0 Å². The van der Waals surface area contributed by atoms with Gasteiger partial charge in [0.25, 0.3) is 0 Å². The average molecular weight is 430 g/mol. The first-order chi connectivity index (χ1) is 17.8. The molecule has 0 fully saturated rings. The van der Waals surface area contributed by atoms with Crippen LogP contribution in [0, 0.1) is 0 Å². The van der Waals surface area contributed by atoms with Crippen molar-refractivity contribution in [1.82, 2.24) is 4.98 Å². The summed E-state index contributed by atoms with van der Waals surface area (Å²) >= 11 is 0. The third-order valence-corrected chi connectivity index (χ3v) is 6.55. The third kappa shape index (κ3) is 2.91. The highest BCUT2D eigenvalue weighted by molar-refractivity contribution is 6.10. The fourth-order valence-corrected chi connectivity index (χ4v) is 5.01. The van der Waals surface area contributed by atoms with Gasteiger partial charge in [0.15, 0.2) is 0 Å². The number of hydrogen-bond acceptors (Lipinski definition) is 2. The van der Waals surface area contributed by atoms with Gasteiger partial charge in [0, 0.05) is 28.0 Å². The maximum absolute atomic E-state index is 8.71. The van der Waals surface area contributed by atoms with E-state index in [0.29, 0.717) is 28.0 Å². The quantitative estimate of drug-likeness (QED) is 0.276. The van der Waals surface area contributed by atoms with E-state index < -0.39 is 12.7 Å². The number of hydrogen-bond donors (Lipinski definition) is 0. The Labute approximate surface area is 198 Å². The van der Waals surface area contributed by atoms with Crippen LogP contribution in [0.2, 0.25) is 0 Å². The Balaban J connectivity index is 1.46. The molecule has 0 spiro atoms.